The van der Waals surface area contributed by atoms with Crippen molar-refractivity contribution in [2.45, 2.75) is 45.3 Å². The Labute approximate surface area is 176 Å². The van der Waals surface area contributed by atoms with E-state index >= 15 is 0 Å². The van der Waals surface area contributed by atoms with E-state index in [1.165, 1.54) is 0 Å². The molecule has 3 rings (SSSR count). The van der Waals surface area contributed by atoms with Gasteiger partial charge in [-0.1, -0.05) is 30.3 Å². The fourth-order valence-corrected chi connectivity index (χ4v) is 3.47. The van der Waals surface area contributed by atoms with Gasteiger partial charge >= 0.3 is 6.03 Å². The van der Waals surface area contributed by atoms with Crippen LogP contribution in [0.25, 0.3) is 0 Å². The van der Waals surface area contributed by atoms with E-state index in [2.05, 4.69) is 16.0 Å². The van der Waals surface area contributed by atoms with Crippen molar-refractivity contribution < 1.29 is 14.4 Å². The molecular weight excluding hydrogens is 380 g/mol. The molecule has 2 aromatic rings. The minimum atomic E-state index is -0.446. The molecule has 0 radical (unpaired) electrons. The van der Waals surface area contributed by atoms with Gasteiger partial charge in [0.25, 0.3) is 5.91 Å². The Morgan fingerprint density at radius 2 is 1.73 bits per heavy atom. The number of nitrogens with one attached hydrogen (secondary N) is 3. The molecule has 1 aliphatic rings. The first-order valence-corrected chi connectivity index (χ1v) is 10.2. The average Bonchev–Trinajstić information content (AvgIpc) is 3.22. The van der Waals surface area contributed by atoms with Crippen LogP contribution >= 0.6 is 0 Å². The highest BCUT2D eigenvalue weighted by molar-refractivity contribution is 5.98. The van der Waals surface area contributed by atoms with Gasteiger partial charge in [-0.25, -0.2) is 4.79 Å². The van der Waals surface area contributed by atoms with Gasteiger partial charge in [-0.15, -0.1) is 0 Å². The highest BCUT2D eigenvalue weighted by Gasteiger charge is 2.34. The lowest BCUT2D eigenvalue weighted by atomic mass is 10.1. The number of carbonyl (C=O) groups is 3. The van der Waals surface area contributed by atoms with Crippen LogP contribution in [0.2, 0.25) is 0 Å². The molecule has 1 heterocycles. The monoisotopic (exact) mass is 408 g/mol. The van der Waals surface area contributed by atoms with Gasteiger partial charge in [0.15, 0.2) is 0 Å². The Balaban J connectivity index is 1.53. The van der Waals surface area contributed by atoms with Crippen LogP contribution in [0.4, 0.5) is 10.5 Å². The zero-order valence-corrected chi connectivity index (χ0v) is 17.4. The molecule has 1 atom stereocenters. The van der Waals surface area contributed by atoms with Crippen molar-refractivity contribution >= 4 is 23.5 Å². The number of carbonyl (C=O) groups excluding carboxylic acids is 3. The number of hydrogen-bond acceptors (Lipinski definition) is 3. The molecule has 1 fully saturated rings. The molecule has 0 spiro atoms. The van der Waals surface area contributed by atoms with Crippen molar-refractivity contribution in [3.05, 3.63) is 65.7 Å². The van der Waals surface area contributed by atoms with Gasteiger partial charge in [0, 0.05) is 30.4 Å². The Bertz CT molecular complexity index is 881. The minimum absolute atomic E-state index is 0.0587. The van der Waals surface area contributed by atoms with Gasteiger partial charge in [0.05, 0.1) is 0 Å². The lowest BCUT2D eigenvalue weighted by Crippen LogP contribution is -2.45. The fraction of sp³-hybridized carbons (Fsp3) is 0.348. The SMILES string of the molecule is CC(C)NC(=O)Nc1ccc(CNC(=O)C2CCCN2C(=O)c2ccccc2)cc1. The smallest absolute Gasteiger partial charge is 0.319 e. The Morgan fingerprint density at radius 1 is 1.03 bits per heavy atom. The summed E-state index contributed by atoms with van der Waals surface area (Å²) in [7, 11) is 0. The van der Waals surface area contributed by atoms with Crippen LogP contribution in [0.5, 0.6) is 0 Å². The number of hydrogen-bond donors (Lipinski definition) is 3. The number of urea groups is 1. The second-order valence-corrected chi connectivity index (χ2v) is 7.69. The van der Waals surface area contributed by atoms with Crippen molar-refractivity contribution in [2.75, 3.05) is 11.9 Å². The van der Waals surface area contributed by atoms with E-state index in [-0.39, 0.29) is 23.9 Å². The average molecular weight is 409 g/mol. The molecule has 7 nitrogen and oxygen atoms in total. The summed E-state index contributed by atoms with van der Waals surface area (Å²) in [4.78, 5) is 38.8. The molecule has 1 saturated heterocycles. The predicted octanol–water partition coefficient (Wildman–Crippen LogP) is 3.14. The maximum Gasteiger partial charge on any atom is 0.319 e. The molecule has 4 amide bonds. The van der Waals surface area contributed by atoms with Crippen LogP contribution in [0.15, 0.2) is 54.6 Å². The first kappa shape index (κ1) is 21.4. The molecule has 158 valence electrons. The minimum Gasteiger partial charge on any atom is -0.350 e. The standard InChI is InChI=1S/C23H28N4O3/c1-16(2)25-23(30)26-19-12-10-17(11-13-19)15-24-21(28)20-9-6-14-27(20)22(29)18-7-4-3-5-8-18/h3-5,7-8,10-13,16,20H,6,9,14-15H2,1-2H3,(H,24,28)(H2,25,26,30). The maximum absolute atomic E-state index is 12.7. The summed E-state index contributed by atoms with van der Waals surface area (Å²) < 4.78 is 0. The summed E-state index contributed by atoms with van der Waals surface area (Å²) >= 11 is 0. The van der Waals surface area contributed by atoms with Gasteiger partial charge in [0.2, 0.25) is 5.91 Å². The Morgan fingerprint density at radius 3 is 2.40 bits per heavy atom. The number of amides is 4. The highest BCUT2D eigenvalue weighted by Crippen LogP contribution is 2.20. The number of likely N-dealkylation sites (tertiary alicyclic amines) is 1. The molecule has 30 heavy (non-hydrogen) atoms. The topological polar surface area (TPSA) is 90.5 Å². The Hall–Kier alpha value is -3.35. The van der Waals surface area contributed by atoms with Crippen molar-refractivity contribution in [1.82, 2.24) is 15.5 Å². The van der Waals surface area contributed by atoms with Gasteiger partial charge in [-0.2, -0.15) is 0 Å². The van der Waals surface area contributed by atoms with Crippen LogP contribution < -0.4 is 16.0 Å². The van der Waals surface area contributed by atoms with Crippen LogP contribution in [-0.4, -0.2) is 41.4 Å². The summed E-state index contributed by atoms with van der Waals surface area (Å²) in [5.41, 5.74) is 2.19. The van der Waals surface area contributed by atoms with Crippen LogP contribution in [0.1, 0.15) is 42.6 Å². The van der Waals surface area contributed by atoms with Gasteiger partial charge in [0.1, 0.15) is 6.04 Å². The Kier molecular flexibility index (Phi) is 7.06. The molecule has 0 aromatic heterocycles. The van der Waals surface area contributed by atoms with Gasteiger partial charge in [-0.05, 0) is 56.5 Å². The van der Waals surface area contributed by atoms with E-state index in [4.69, 9.17) is 0 Å². The number of benzene rings is 2. The van der Waals surface area contributed by atoms with Crippen LogP contribution in [0, 0.1) is 0 Å². The lowest BCUT2D eigenvalue weighted by molar-refractivity contribution is -0.125. The summed E-state index contributed by atoms with van der Waals surface area (Å²) in [5.74, 6) is -0.251. The summed E-state index contributed by atoms with van der Waals surface area (Å²) in [6, 6.07) is 15.7. The number of rotatable bonds is 6. The van der Waals surface area contributed by atoms with Gasteiger partial charge < -0.3 is 20.9 Å². The molecule has 1 unspecified atom stereocenters. The van der Waals surface area contributed by atoms with Crippen LogP contribution in [0.3, 0.4) is 0 Å². The first-order valence-electron chi connectivity index (χ1n) is 10.2. The first-order chi connectivity index (χ1) is 14.4. The van der Waals surface area contributed by atoms with Crippen molar-refractivity contribution in [1.29, 1.82) is 0 Å². The van der Waals surface area contributed by atoms with E-state index in [1.54, 1.807) is 29.2 Å². The summed E-state index contributed by atoms with van der Waals surface area (Å²) in [6.45, 7) is 4.74. The van der Waals surface area contributed by atoms with E-state index < -0.39 is 6.04 Å². The van der Waals surface area contributed by atoms with E-state index in [9.17, 15) is 14.4 Å². The summed E-state index contributed by atoms with van der Waals surface area (Å²) in [5, 5.41) is 8.46. The fourth-order valence-electron chi connectivity index (χ4n) is 3.47. The third kappa shape index (κ3) is 5.59. The zero-order valence-electron chi connectivity index (χ0n) is 17.4. The molecule has 0 aliphatic carbocycles. The molecule has 7 heteroatoms. The molecule has 0 bridgehead atoms. The third-order valence-electron chi connectivity index (χ3n) is 4.94. The maximum atomic E-state index is 12.7. The van der Waals surface area contributed by atoms with E-state index in [0.717, 1.165) is 12.0 Å². The van der Waals surface area contributed by atoms with E-state index in [1.807, 2.05) is 44.2 Å². The van der Waals surface area contributed by atoms with Crippen LogP contribution in [-0.2, 0) is 11.3 Å². The molecule has 3 N–H and O–H groups in total. The van der Waals surface area contributed by atoms with E-state index in [0.29, 0.717) is 30.8 Å². The molecule has 2 aromatic carbocycles. The molecular formula is C23H28N4O3. The van der Waals surface area contributed by atoms with Crippen molar-refractivity contribution in [3.63, 3.8) is 0 Å². The quantitative estimate of drug-likeness (QED) is 0.686. The second-order valence-electron chi connectivity index (χ2n) is 7.69. The number of nitrogens with zero attached hydrogens (tertiary/aromatic N) is 1. The number of anilines is 1. The summed E-state index contributed by atoms with van der Waals surface area (Å²) in [6.07, 6.45) is 1.48. The second kappa shape index (κ2) is 9.91. The predicted molar refractivity (Wildman–Crippen MR) is 116 cm³/mol. The van der Waals surface area contributed by atoms with Crippen molar-refractivity contribution in [2.24, 2.45) is 0 Å². The molecule has 0 saturated carbocycles. The van der Waals surface area contributed by atoms with Gasteiger partial charge in [-0.3, -0.25) is 9.59 Å². The molecule has 1 aliphatic heterocycles. The third-order valence-corrected chi connectivity index (χ3v) is 4.94. The lowest BCUT2D eigenvalue weighted by Gasteiger charge is -2.24. The largest absolute Gasteiger partial charge is 0.350 e. The van der Waals surface area contributed by atoms with Crippen molar-refractivity contribution in [3.8, 4) is 0 Å². The highest BCUT2D eigenvalue weighted by atomic mass is 16.2. The zero-order chi connectivity index (χ0) is 21.5. The normalized spacial score (nSPS) is 15.7.